The highest BCUT2D eigenvalue weighted by atomic mass is 16.1. The molecule has 5 nitrogen and oxygen atoms in total. The number of carbonyl (C=O) groups excluding carboxylic acids is 1. The first-order chi connectivity index (χ1) is 12.2. The van der Waals surface area contributed by atoms with Gasteiger partial charge in [0.05, 0.1) is 5.69 Å². The third kappa shape index (κ3) is 4.16. The van der Waals surface area contributed by atoms with Crippen LogP contribution >= 0.6 is 0 Å². The van der Waals surface area contributed by atoms with Crippen molar-refractivity contribution in [3.8, 4) is 11.3 Å². The topological polar surface area (TPSA) is 66.9 Å². The molecule has 0 aliphatic heterocycles. The van der Waals surface area contributed by atoms with Crippen molar-refractivity contribution in [2.45, 2.75) is 45.1 Å². The van der Waals surface area contributed by atoms with E-state index in [-0.39, 0.29) is 0 Å². The maximum absolute atomic E-state index is 11.1. The summed E-state index contributed by atoms with van der Waals surface area (Å²) >= 11 is 0. The fourth-order valence-corrected chi connectivity index (χ4v) is 3.44. The SMILES string of the molecule is CNc1ccccc1-c1nc(NC2CCC(C)CC2)ncc1CC=O. The lowest BCUT2D eigenvalue weighted by molar-refractivity contribution is -0.107. The lowest BCUT2D eigenvalue weighted by Crippen LogP contribution is -2.26. The average Bonchev–Trinajstić information content (AvgIpc) is 2.65. The summed E-state index contributed by atoms with van der Waals surface area (Å²) in [7, 11) is 1.89. The van der Waals surface area contributed by atoms with E-state index in [4.69, 9.17) is 4.98 Å². The van der Waals surface area contributed by atoms with Crippen LogP contribution in [0, 0.1) is 5.92 Å². The fraction of sp³-hybridized carbons (Fsp3) is 0.450. The largest absolute Gasteiger partial charge is 0.388 e. The highest BCUT2D eigenvalue weighted by Gasteiger charge is 2.19. The summed E-state index contributed by atoms with van der Waals surface area (Å²) in [6, 6.07) is 8.43. The molecule has 0 saturated heterocycles. The van der Waals surface area contributed by atoms with Gasteiger partial charge in [-0.15, -0.1) is 0 Å². The van der Waals surface area contributed by atoms with Crippen molar-refractivity contribution < 1.29 is 4.79 Å². The molecule has 0 atom stereocenters. The average molecular weight is 338 g/mol. The molecule has 3 rings (SSSR count). The van der Waals surface area contributed by atoms with Crippen LogP contribution in [0.2, 0.25) is 0 Å². The molecule has 2 N–H and O–H groups in total. The minimum atomic E-state index is 0.314. The Morgan fingerprint density at radius 3 is 2.68 bits per heavy atom. The number of benzene rings is 1. The molecule has 1 fully saturated rings. The first kappa shape index (κ1) is 17.4. The second-order valence-corrected chi connectivity index (χ2v) is 6.83. The van der Waals surface area contributed by atoms with E-state index in [1.807, 2.05) is 31.3 Å². The molecule has 1 aromatic heterocycles. The Kier molecular flexibility index (Phi) is 5.64. The zero-order valence-electron chi connectivity index (χ0n) is 15.0. The minimum Gasteiger partial charge on any atom is -0.388 e. The van der Waals surface area contributed by atoms with Crippen molar-refractivity contribution in [2.24, 2.45) is 5.92 Å². The van der Waals surface area contributed by atoms with Gasteiger partial charge in [0.25, 0.3) is 0 Å². The van der Waals surface area contributed by atoms with Gasteiger partial charge in [-0.2, -0.15) is 0 Å². The summed E-state index contributed by atoms with van der Waals surface area (Å²) in [5.41, 5.74) is 3.65. The van der Waals surface area contributed by atoms with Gasteiger partial charge in [0.2, 0.25) is 5.95 Å². The molecule has 0 unspecified atom stereocenters. The van der Waals surface area contributed by atoms with Gasteiger partial charge < -0.3 is 15.4 Å². The molecule has 132 valence electrons. The molecular weight excluding hydrogens is 312 g/mol. The quantitative estimate of drug-likeness (QED) is 0.782. The molecule has 1 aliphatic carbocycles. The molecule has 2 aromatic rings. The summed E-state index contributed by atoms with van der Waals surface area (Å²) in [6.45, 7) is 2.31. The van der Waals surface area contributed by atoms with Crippen molar-refractivity contribution in [1.82, 2.24) is 9.97 Å². The first-order valence-electron chi connectivity index (χ1n) is 9.04. The summed E-state index contributed by atoms with van der Waals surface area (Å²) in [4.78, 5) is 20.3. The third-order valence-corrected chi connectivity index (χ3v) is 4.97. The first-order valence-corrected chi connectivity index (χ1v) is 9.04. The summed E-state index contributed by atoms with van der Waals surface area (Å²) in [5.74, 6) is 1.46. The van der Waals surface area contributed by atoms with Gasteiger partial charge in [-0.3, -0.25) is 0 Å². The second-order valence-electron chi connectivity index (χ2n) is 6.83. The van der Waals surface area contributed by atoms with Crippen molar-refractivity contribution in [1.29, 1.82) is 0 Å². The predicted molar refractivity (Wildman–Crippen MR) is 102 cm³/mol. The van der Waals surface area contributed by atoms with E-state index < -0.39 is 0 Å². The van der Waals surface area contributed by atoms with E-state index in [1.54, 1.807) is 6.20 Å². The highest BCUT2D eigenvalue weighted by Crippen LogP contribution is 2.30. The van der Waals surface area contributed by atoms with E-state index in [0.717, 1.165) is 47.6 Å². The Balaban J connectivity index is 1.91. The van der Waals surface area contributed by atoms with Crippen LogP contribution in [-0.2, 0) is 11.2 Å². The molecular formula is C20H26N4O. The Labute approximate surface area is 149 Å². The second kappa shape index (κ2) is 8.10. The van der Waals surface area contributed by atoms with E-state index in [0.29, 0.717) is 18.4 Å². The van der Waals surface area contributed by atoms with Crippen LogP contribution in [0.4, 0.5) is 11.6 Å². The van der Waals surface area contributed by atoms with Crippen LogP contribution in [0.1, 0.15) is 38.2 Å². The molecule has 0 spiro atoms. The predicted octanol–water partition coefficient (Wildman–Crippen LogP) is 3.92. The molecule has 5 heteroatoms. The number of aromatic nitrogens is 2. The molecule has 0 radical (unpaired) electrons. The van der Waals surface area contributed by atoms with E-state index in [1.165, 1.54) is 12.8 Å². The normalized spacial score (nSPS) is 20.1. The number of aldehydes is 1. The maximum Gasteiger partial charge on any atom is 0.223 e. The number of nitrogens with one attached hydrogen (secondary N) is 2. The smallest absolute Gasteiger partial charge is 0.223 e. The summed E-state index contributed by atoms with van der Waals surface area (Å²) < 4.78 is 0. The zero-order valence-corrected chi connectivity index (χ0v) is 15.0. The van der Waals surface area contributed by atoms with Gasteiger partial charge in [-0.25, -0.2) is 9.97 Å². The highest BCUT2D eigenvalue weighted by molar-refractivity contribution is 5.79. The van der Waals surface area contributed by atoms with Crippen LogP contribution in [0.3, 0.4) is 0 Å². The van der Waals surface area contributed by atoms with Gasteiger partial charge in [-0.05, 0) is 37.7 Å². The number of para-hydroxylation sites is 1. The Bertz CT molecular complexity index is 723. The van der Waals surface area contributed by atoms with E-state index in [9.17, 15) is 4.79 Å². The van der Waals surface area contributed by atoms with Crippen molar-refractivity contribution in [3.05, 3.63) is 36.0 Å². The molecule has 0 amide bonds. The molecule has 25 heavy (non-hydrogen) atoms. The third-order valence-electron chi connectivity index (χ3n) is 4.97. The number of anilines is 2. The number of hydrogen-bond donors (Lipinski definition) is 2. The van der Waals surface area contributed by atoms with Gasteiger partial charge in [-0.1, -0.05) is 25.1 Å². The Hall–Kier alpha value is -2.43. The van der Waals surface area contributed by atoms with Crippen molar-refractivity contribution in [2.75, 3.05) is 17.7 Å². The lowest BCUT2D eigenvalue weighted by Gasteiger charge is -2.27. The van der Waals surface area contributed by atoms with E-state index >= 15 is 0 Å². The van der Waals surface area contributed by atoms with E-state index in [2.05, 4.69) is 22.5 Å². The van der Waals surface area contributed by atoms with Crippen LogP contribution < -0.4 is 10.6 Å². The number of rotatable bonds is 6. The van der Waals surface area contributed by atoms with Gasteiger partial charge in [0.15, 0.2) is 0 Å². The Morgan fingerprint density at radius 1 is 1.20 bits per heavy atom. The number of hydrogen-bond acceptors (Lipinski definition) is 5. The van der Waals surface area contributed by atoms with Gasteiger partial charge in [0.1, 0.15) is 6.29 Å². The molecule has 1 aliphatic rings. The summed E-state index contributed by atoms with van der Waals surface area (Å²) in [6.07, 6.45) is 7.80. The molecule has 1 saturated carbocycles. The monoisotopic (exact) mass is 338 g/mol. The van der Waals surface area contributed by atoms with Crippen LogP contribution in [0.25, 0.3) is 11.3 Å². The van der Waals surface area contributed by atoms with Gasteiger partial charge in [0, 0.05) is 42.5 Å². The van der Waals surface area contributed by atoms with Crippen LogP contribution in [0.15, 0.2) is 30.5 Å². The fourth-order valence-electron chi connectivity index (χ4n) is 3.44. The van der Waals surface area contributed by atoms with Gasteiger partial charge >= 0.3 is 0 Å². The summed E-state index contributed by atoms with van der Waals surface area (Å²) in [5, 5.41) is 6.69. The lowest BCUT2D eigenvalue weighted by atomic mass is 9.87. The minimum absolute atomic E-state index is 0.314. The maximum atomic E-state index is 11.1. The number of nitrogens with zero attached hydrogens (tertiary/aromatic N) is 2. The molecule has 1 heterocycles. The zero-order chi connectivity index (χ0) is 17.6. The van der Waals surface area contributed by atoms with Crippen molar-refractivity contribution >= 4 is 17.9 Å². The van der Waals surface area contributed by atoms with Crippen LogP contribution in [0.5, 0.6) is 0 Å². The Morgan fingerprint density at radius 2 is 1.96 bits per heavy atom. The van der Waals surface area contributed by atoms with Crippen molar-refractivity contribution in [3.63, 3.8) is 0 Å². The number of carbonyl (C=O) groups is 1. The molecule has 0 bridgehead atoms. The standard InChI is InChI=1S/C20H26N4O/c1-14-7-9-16(10-8-14)23-20-22-13-15(11-12-25)19(24-20)17-5-3-4-6-18(17)21-2/h3-6,12-14,16,21H,7-11H2,1-2H3,(H,22,23,24). The van der Waals surface area contributed by atoms with Crippen LogP contribution in [-0.4, -0.2) is 29.3 Å². The molecule has 1 aromatic carbocycles.